The fraction of sp³-hybridized carbons (Fsp3) is 0.462. The summed E-state index contributed by atoms with van der Waals surface area (Å²) in [4.78, 5) is 7.43. The van der Waals surface area contributed by atoms with Crippen molar-refractivity contribution in [2.45, 2.75) is 26.0 Å². The lowest BCUT2D eigenvalue weighted by Gasteiger charge is -2.23. The van der Waals surface area contributed by atoms with Crippen LogP contribution in [-0.4, -0.2) is 29.2 Å². The molecule has 4 nitrogen and oxygen atoms in total. The molecular formula is C13H19N3O. The van der Waals surface area contributed by atoms with E-state index in [0.717, 1.165) is 18.7 Å². The van der Waals surface area contributed by atoms with Crippen molar-refractivity contribution in [3.8, 4) is 0 Å². The lowest BCUT2D eigenvalue weighted by Crippen LogP contribution is -2.36. The summed E-state index contributed by atoms with van der Waals surface area (Å²) in [6, 6.07) is 4.04. The molecule has 2 rings (SSSR count). The lowest BCUT2D eigenvalue weighted by molar-refractivity contribution is 0.0231. The summed E-state index contributed by atoms with van der Waals surface area (Å²) < 4.78 is 5.36. The predicted octanol–water partition coefficient (Wildman–Crippen LogP) is 2.08. The SMILES string of the molecule is COC(C)(C)CNCc1c[nH]c2ncccc12. The number of hydrogen-bond acceptors (Lipinski definition) is 3. The quantitative estimate of drug-likeness (QED) is 0.831. The number of H-pyrrole nitrogens is 1. The van der Waals surface area contributed by atoms with Crippen molar-refractivity contribution in [3.63, 3.8) is 0 Å². The van der Waals surface area contributed by atoms with Gasteiger partial charge < -0.3 is 15.0 Å². The average Bonchev–Trinajstić information content (AvgIpc) is 2.73. The number of nitrogens with one attached hydrogen (secondary N) is 2. The monoisotopic (exact) mass is 233 g/mol. The van der Waals surface area contributed by atoms with E-state index in [2.05, 4.69) is 35.2 Å². The Hall–Kier alpha value is -1.39. The fourth-order valence-corrected chi connectivity index (χ4v) is 1.73. The molecule has 0 aliphatic rings. The molecule has 4 heteroatoms. The minimum Gasteiger partial charge on any atom is -0.377 e. The summed E-state index contributed by atoms with van der Waals surface area (Å²) in [5.41, 5.74) is 2.04. The molecule has 0 aliphatic heterocycles. The first-order chi connectivity index (χ1) is 8.12. The first-order valence-corrected chi connectivity index (χ1v) is 5.79. The van der Waals surface area contributed by atoms with Crippen molar-refractivity contribution < 1.29 is 4.74 Å². The van der Waals surface area contributed by atoms with E-state index in [1.54, 1.807) is 13.3 Å². The van der Waals surface area contributed by atoms with Crippen LogP contribution in [0.2, 0.25) is 0 Å². The number of methoxy groups -OCH3 is 1. The third-order valence-electron chi connectivity index (χ3n) is 2.96. The van der Waals surface area contributed by atoms with Gasteiger partial charge in [0.25, 0.3) is 0 Å². The van der Waals surface area contributed by atoms with E-state index in [-0.39, 0.29) is 5.60 Å². The maximum atomic E-state index is 5.36. The Morgan fingerprint density at radius 3 is 3.06 bits per heavy atom. The molecule has 2 aromatic heterocycles. The molecule has 2 heterocycles. The van der Waals surface area contributed by atoms with E-state index < -0.39 is 0 Å². The maximum Gasteiger partial charge on any atom is 0.137 e. The second kappa shape index (κ2) is 4.85. The zero-order chi connectivity index (χ0) is 12.3. The van der Waals surface area contributed by atoms with Crippen LogP contribution in [0.1, 0.15) is 19.4 Å². The number of hydrogen-bond donors (Lipinski definition) is 2. The van der Waals surface area contributed by atoms with Crippen LogP contribution in [0.5, 0.6) is 0 Å². The Morgan fingerprint density at radius 1 is 1.47 bits per heavy atom. The van der Waals surface area contributed by atoms with Gasteiger partial charge in [0.15, 0.2) is 0 Å². The fourth-order valence-electron chi connectivity index (χ4n) is 1.73. The van der Waals surface area contributed by atoms with E-state index in [1.165, 1.54) is 10.9 Å². The third kappa shape index (κ3) is 2.84. The van der Waals surface area contributed by atoms with Crippen LogP contribution < -0.4 is 5.32 Å². The van der Waals surface area contributed by atoms with E-state index >= 15 is 0 Å². The zero-order valence-electron chi connectivity index (χ0n) is 10.6. The summed E-state index contributed by atoms with van der Waals surface area (Å²) in [7, 11) is 1.73. The van der Waals surface area contributed by atoms with Crippen molar-refractivity contribution in [1.82, 2.24) is 15.3 Å². The predicted molar refractivity (Wildman–Crippen MR) is 68.9 cm³/mol. The summed E-state index contributed by atoms with van der Waals surface area (Å²) >= 11 is 0. The first kappa shape index (κ1) is 12.1. The molecule has 0 unspecified atom stereocenters. The van der Waals surface area contributed by atoms with Gasteiger partial charge in [-0.1, -0.05) is 0 Å². The molecule has 0 radical (unpaired) electrons. The molecule has 2 N–H and O–H groups in total. The van der Waals surface area contributed by atoms with Gasteiger partial charge in [-0.3, -0.25) is 0 Å². The number of pyridine rings is 1. The van der Waals surface area contributed by atoms with Gasteiger partial charge in [0.05, 0.1) is 5.60 Å². The summed E-state index contributed by atoms with van der Waals surface area (Å²) in [5, 5.41) is 4.57. The maximum absolute atomic E-state index is 5.36. The zero-order valence-corrected chi connectivity index (χ0v) is 10.6. The number of ether oxygens (including phenoxy) is 1. The summed E-state index contributed by atoms with van der Waals surface area (Å²) in [5.74, 6) is 0. The van der Waals surface area contributed by atoms with Crippen LogP contribution in [0.4, 0.5) is 0 Å². The molecule has 0 spiro atoms. The van der Waals surface area contributed by atoms with E-state index in [1.807, 2.05) is 12.3 Å². The highest BCUT2D eigenvalue weighted by molar-refractivity contribution is 5.79. The highest BCUT2D eigenvalue weighted by atomic mass is 16.5. The Morgan fingerprint density at radius 2 is 2.29 bits per heavy atom. The van der Waals surface area contributed by atoms with Crippen molar-refractivity contribution in [3.05, 3.63) is 30.1 Å². The molecule has 0 amide bonds. The number of fused-ring (bicyclic) bond motifs is 1. The smallest absolute Gasteiger partial charge is 0.137 e. The largest absolute Gasteiger partial charge is 0.377 e. The Labute approximate surface area is 101 Å². The molecule has 0 saturated heterocycles. The van der Waals surface area contributed by atoms with Crippen molar-refractivity contribution >= 4 is 11.0 Å². The number of aromatic nitrogens is 2. The van der Waals surface area contributed by atoms with Gasteiger partial charge in [-0.05, 0) is 31.5 Å². The Bertz CT molecular complexity index is 490. The third-order valence-corrected chi connectivity index (χ3v) is 2.96. The van der Waals surface area contributed by atoms with Gasteiger partial charge in [0.2, 0.25) is 0 Å². The van der Waals surface area contributed by atoms with Crippen molar-refractivity contribution in [2.75, 3.05) is 13.7 Å². The number of rotatable bonds is 5. The Kier molecular flexibility index (Phi) is 3.45. The molecule has 92 valence electrons. The highest BCUT2D eigenvalue weighted by Crippen LogP contribution is 2.15. The first-order valence-electron chi connectivity index (χ1n) is 5.79. The van der Waals surface area contributed by atoms with Crippen molar-refractivity contribution in [2.24, 2.45) is 0 Å². The number of aromatic amines is 1. The van der Waals surface area contributed by atoms with E-state index in [9.17, 15) is 0 Å². The van der Waals surface area contributed by atoms with Gasteiger partial charge in [-0.15, -0.1) is 0 Å². The molecule has 0 aromatic carbocycles. The van der Waals surface area contributed by atoms with Crippen molar-refractivity contribution in [1.29, 1.82) is 0 Å². The van der Waals surface area contributed by atoms with Gasteiger partial charge in [0.1, 0.15) is 5.65 Å². The van der Waals surface area contributed by atoms with E-state index in [4.69, 9.17) is 4.74 Å². The van der Waals surface area contributed by atoms with E-state index in [0.29, 0.717) is 0 Å². The summed E-state index contributed by atoms with van der Waals surface area (Å²) in [6.07, 6.45) is 3.80. The molecule has 0 bridgehead atoms. The van der Waals surface area contributed by atoms with Crippen LogP contribution in [0, 0.1) is 0 Å². The molecule has 0 saturated carbocycles. The van der Waals surface area contributed by atoms with Gasteiger partial charge in [-0.2, -0.15) is 0 Å². The topological polar surface area (TPSA) is 49.9 Å². The molecule has 0 atom stereocenters. The average molecular weight is 233 g/mol. The normalized spacial score (nSPS) is 12.2. The van der Waals surface area contributed by atoms with Crippen LogP contribution in [0.25, 0.3) is 11.0 Å². The van der Waals surface area contributed by atoms with Gasteiger partial charge >= 0.3 is 0 Å². The number of nitrogens with zero attached hydrogens (tertiary/aromatic N) is 1. The van der Waals surface area contributed by atoms with Crippen LogP contribution >= 0.6 is 0 Å². The molecule has 2 aromatic rings. The minimum atomic E-state index is -0.135. The highest BCUT2D eigenvalue weighted by Gasteiger charge is 2.15. The second-order valence-electron chi connectivity index (χ2n) is 4.78. The summed E-state index contributed by atoms with van der Waals surface area (Å²) in [6.45, 7) is 5.77. The standard InChI is InChI=1S/C13H19N3O/c1-13(2,17-3)9-14-7-10-8-16-12-11(10)5-4-6-15-12/h4-6,8,14H,7,9H2,1-3H3,(H,15,16). The van der Waals surface area contributed by atoms with Crippen LogP contribution in [-0.2, 0) is 11.3 Å². The lowest BCUT2D eigenvalue weighted by atomic mass is 10.1. The Balaban J connectivity index is 2.00. The molecule has 0 aliphatic carbocycles. The molecule has 0 fully saturated rings. The van der Waals surface area contributed by atoms with Gasteiger partial charge in [0, 0.05) is 38.0 Å². The molecular weight excluding hydrogens is 214 g/mol. The van der Waals surface area contributed by atoms with Gasteiger partial charge in [-0.25, -0.2) is 4.98 Å². The second-order valence-corrected chi connectivity index (χ2v) is 4.78. The minimum absolute atomic E-state index is 0.135. The van der Waals surface area contributed by atoms with Crippen LogP contribution in [0.15, 0.2) is 24.5 Å². The molecule has 17 heavy (non-hydrogen) atoms. The van der Waals surface area contributed by atoms with Crippen LogP contribution in [0.3, 0.4) is 0 Å².